The molecule has 17 heavy (non-hydrogen) atoms. The normalized spacial score (nSPS) is 11.3. The van der Waals surface area contributed by atoms with Crippen LogP contribution in [0.3, 0.4) is 0 Å². The summed E-state index contributed by atoms with van der Waals surface area (Å²) in [6.07, 6.45) is 0. The van der Waals surface area contributed by atoms with Crippen LogP contribution < -0.4 is 4.83 Å². The molecule has 0 spiro atoms. The van der Waals surface area contributed by atoms with E-state index in [1.165, 1.54) is 17.0 Å². The molecule has 2 aromatic rings. The van der Waals surface area contributed by atoms with Crippen molar-refractivity contribution in [2.45, 2.75) is 4.90 Å². The monoisotopic (exact) mass is 252 g/mol. The highest BCUT2D eigenvalue weighted by molar-refractivity contribution is 7.89. The van der Waals surface area contributed by atoms with E-state index in [-0.39, 0.29) is 4.90 Å². The quantitative estimate of drug-likeness (QED) is 0.658. The van der Waals surface area contributed by atoms with Gasteiger partial charge in [-0.25, -0.2) is 10.1 Å². The number of nitrogens with zero attached hydrogens (tertiary/aromatic N) is 1. The number of nitro groups is 1. The molecule has 0 unspecified atom stereocenters. The van der Waals surface area contributed by atoms with E-state index in [0.717, 1.165) is 0 Å². The van der Waals surface area contributed by atoms with Crippen molar-refractivity contribution >= 4 is 20.8 Å². The van der Waals surface area contributed by atoms with Crippen molar-refractivity contribution in [3.05, 3.63) is 52.6 Å². The molecule has 0 aliphatic carbocycles. The van der Waals surface area contributed by atoms with E-state index in [1.807, 2.05) is 0 Å². The first-order valence-corrected chi connectivity index (χ1v) is 6.13. The van der Waals surface area contributed by atoms with Crippen LogP contribution in [0, 0.1) is 10.1 Å². The van der Waals surface area contributed by atoms with Crippen LogP contribution in [-0.4, -0.2) is 13.5 Å². The molecule has 6 nitrogen and oxygen atoms in total. The van der Waals surface area contributed by atoms with Gasteiger partial charge in [0.15, 0.2) is 5.03 Å². The number of nitrogens with one attached hydrogen (secondary N) is 1. The maximum atomic E-state index is 11.7. The van der Waals surface area contributed by atoms with Crippen LogP contribution in [0.25, 0.3) is 10.8 Å². The molecular formula is C10H8N2O4S. The number of benzene rings is 2. The summed E-state index contributed by atoms with van der Waals surface area (Å²) in [5, 5.41) is 10.3. The van der Waals surface area contributed by atoms with Crippen LogP contribution in [0.4, 0.5) is 0 Å². The Labute approximate surface area is 97.0 Å². The minimum atomic E-state index is -4.14. The summed E-state index contributed by atoms with van der Waals surface area (Å²) in [7, 11) is -4.14. The summed E-state index contributed by atoms with van der Waals surface area (Å²) < 4.78 is 23.4. The predicted octanol–water partition coefficient (Wildman–Crippen LogP) is 1.31. The molecule has 88 valence electrons. The first kappa shape index (κ1) is 11.3. The van der Waals surface area contributed by atoms with Gasteiger partial charge in [-0.1, -0.05) is 36.4 Å². The molecule has 7 heteroatoms. The van der Waals surface area contributed by atoms with Crippen molar-refractivity contribution < 1.29 is 13.5 Å². The average molecular weight is 252 g/mol. The third-order valence-corrected chi connectivity index (χ3v) is 3.56. The van der Waals surface area contributed by atoms with Crippen LogP contribution in [0.15, 0.2) is 47.4 Å². The standard InChI is InChI=1S/C10H8N2O4S/c13-12(14)11-17(15,16)10-7-3-5-8-4-1-2-6-9(8)10/h1-7,11H. The van der Waals surface area contributed by atoms with Gasteiger partial charge >= 0.3 is 10.0 Å². The van der Waals surface area contributed by atoms with Crippen LogP contribution in [0.1, 0.15) is 0 Å². The van der Waals surface area contributed by atoms with E-state index in [0.29, 0.717) is 10.8 Å². The first-order chi connectivity index (χ1) is 8.00. The van der Waals surface area contributed by atoms with E-state index in [2.05, 4.69) is 0 Å². The molecule has 0 aliphatic rings. The van der Waals surface area contributed by atoms with Gasteiger partial charge in [0, 0.05) is 5.39 Å². The van der Waals surface area contributed by atoms with Gasteiger partial charge in [-0.15, -0.1) is 0 Å². The lowest BCUT2D eigenvalue weighted by Crippen LogP contribution is -2.29. The number of hydrogen-bond donors (Lipinski definition) is 1. The zero-order valence-electron chi connectivity index (χ0n) is 8.53. The second-order valence-electron chi connectivity index (χ2n) is 3.33. The van der Waals surface area contributed by atoms with E-state index in [9.17, 15) is 18.5 Å². The minimum absolute atomic E-state index is 0.104. The zero-order valence-corrected chi connectivity index (χ0v) is 9.35. The second-order valence-corrected chi connectivity index (χ2v) is 4.96. The SMILES string of the molecule is O=[N+]([O-])NS(=O)(=O)c1cccc2ccccc12. The number of hydrazine groups is 1. The molecule has 0 heterocycles. The summed E-state index contributed by atoms with van der Waals surface area (Å²) in [4.78, 5) is 11.5. The molecule has 0 fully saturated rings. The molecule has 0 atom stereocenters. The molecule has 0 aliphatic heterocycles. The van der Waals surface area contributed by atoms with Crippen LogP contribution >= 0.6 is 0 Å². The van der Waals surface area contributed by atoms with Gasteiger partial charge in [-0.2, -0.15) is 8.42 Å². The van der Waals surface area contributed by atoms with Crippen LogP contribution in [0.2, 0.25) is 0 Å². The molecule has 0 bridgehead atoms. The Kier molecular flexibility index (Phi) is 2.68. The third-order valence-electron chi connectivity index (χ3n) is 2.23. The third kappa shape index (κ3) is 2.18. The summed E-state index contributed by atoms with van der Waals surface area (Å²) in [5.74, 6) is 0. The Morgan fingerprint density at radius 2 is 1.71 bits per heavy atom. The molecule has 2 aromatic carbocycles. The fraction of sp³-hybridized carbons (Fsp3) is 0. The largest absolute Gasteiger partial charge is 0.311 e. The Morgan fingerprint density at radius 1 is 1.06 bits per heavy atom. The fourth-order valence-electron chi connectivity index (χ4n) is 1.58. The summed E-state index contributed by atoms with van der Waals surface area (Å²) >= 11 is 0. The molecule has 0 amide bonds. The molecule has 0 radical (unpaired) electrons. The lowest BCUT2D eigenvalue weighted by atomic mass is 10.1. The molecule has 0 saturated heterocycles. The van der Waals surface area contributed by atoms with Gasteiger partial charge < -0.3 is 0 Å². The number of fused-ring (bicyclic) bond motifs is 1. The van der Waals surface area contributed by atoms with Gasteiger partial charge in [0.05, 0.1) is 4.90 Å². The first-order valence-electron chi connectivity index (χ1n) is 4.65. The summed E-state index contributed by atoms with van der Waals surface area (Å²) in [5.41, 5.74) is 0. The topological polar surface area (TPSA) is 89.3 Å². The van der Waals surface area contributed by atoms with Gasteiger partial charge in [-0.05, 0) is 16.3 Å². The number of hydrogen-bond acceptors (Lipinski definition) is 4. The lowest BCUT2D eigenvalue weighted by Gasteiger charge is -2.04. The summed E-state index contributed by atoms with van der Waals surface area (Å²) in [6.45, 7) is 0. The van der Waals surface area contributed by atoms with Crippen LogP contribution in [-0.2, 0) is 10.0 Å². The molecule has 0 saturated carbocycles. The van der Waals surface area contributed by atoms with Crippen molar-refractivity contribution in [2.24, 2.45) is 0 Å². The van der Waals surface area contributed by atoms with Gasteiger partial charge in [-0.3, -0.25) is 0 Å². The summed E-state index contributed by atoms with van der Waals surface area (Å²) in [6, 6.07) is 11.4. The zero-order chi connectivity index (χ0) is 12.5. The van der Waals surface area contributed by atoms with Gasteiger partial charge in [0.2, 0.25) is 0 Å². The van der Waals surface area contributed by atoms with Crippen molar-refractivity contribution in [1.29, 1.82) is 0 Å². The van der Waals surface area contributed by atoms with E-state index in [4.69, 9.17) is 0 Å². The maximum absolute atomic E-state index is 11.7. The Morgan fingerprint density at radius 3 is 2.41 bits per heavy atom. The second kappa shape index (κ2) is 4.02. The van der Waals surface area contributed by atoms with Crippen molar-refractivity contribution in [3.63, 3.8) is 0 Å². The highest BCUT2D eigenvalue weighted by Gasteiger charge is 2.21. The lowest BCUT2D eigenvalue weighted by molar-refractivity contribution is -0.518. The fourth-order valence-corrected chi connectivity index (χ4v) is 2.61. The van der Waals surface area contributed by atoms with E-state index < -0.39 is 15.1 Å². The Bertz CT molecular complexity index is 676. The maximum Gasteiger partial charge on any atom is 0.311 e. The smallest absolute Gasteiger partial charge is 0.234 e. The average Bonchev–Trinajstić information content (AvgIpc) is 2.26. The highest BCUT2D eigenvalue weighted by atomic mass is 32.2. The molecule has 0 aromatic heterocycles. The van der Waals surface area contributed by atoms with Crippen molar-refractivity contribution in [1.82, 2.24) is 4.83 Å². The molecule has 1 N–H and O–H groups in total. The molecule has 2 rings (SSSR count). The number of rotatable bonds is 3. The Hall–Kier alpha value is -2.15. The number of sulfonamides is 1. The van der Waals surface area contributed by atoms with E-state index >= 15 is 0 Å². The predicted molar refractivity (Wildman–Crippen MR) is 61.3 cm³/mol. The Balaban J connectivity index is 2.67. The van der Waals surface area contributed by atoms with Crippen molar-refractivity contribution in [3.8, 4) is 0 Å². The van der Waals surface area contributed by atoms with Gasteiger partial charge in [0.1, 0.15) is 0 Å². The van der Waals surface area contributed by atoms with Crippen LogP contribution in [0.5, 0.6) is 0 Å². The van der Waals surface area contributed by atoms with E-state index in [1.54, 1.807) is 30.3 Å². The van der Waals surface area contributed by atoms with Gasteiger partial charge in [0.25, 0.3) is 0 Å². The minimum Gasteiger partial charge on any atom is -0.234 e. The molecular weight excluding hydrogens is 244 g/mol. The van der Waals surface area contributed by atoms with Crippen molar-refractivity contribution in [2.75, 3.05) is 0 Å². The highest BCUT2D eigenvalue weighted by Crippen LogP contribution is 2.22.